The van der Waals surface area contributed by atoms with E-state index in [4.69, 9.17) is 0 Å². The van der Waals surface area contributed by atoms with E-state index in [0.29, 0.717) is 5.69 Å². The predicted molar refractivity (Wildman–Crippen MR) is 101 cm³/mol. The molecule has 4 rings (SSSR count). The SMILES string of the molecule is O=C1N([C@@H](c2ccccc2)[C@H](O)CO)c2cc(F)ccc2C12CCCCC2. The second kappa shape index (κ2) is 7.06. The van der Waals surface area contributed by atoms with E-state index in [2.05, 4.69) is 0 Å². The highest BCUT2D eigenvalue weighted by Gasteiger charge is 2.53. The molecule has 2 aromatic carbocycles. The van der Waals surface area contributed by atoms with Gasteiger partial charge in [-0.2, -0.15) is 0 Å². The van der Waals surface area contributed by atoms with Crippen molar-refractivity contribution in [3.63, 3.8) is 0 Å². The van der Waals surface area contributed by atoms with Crippen LogP contribution in [0, 0.1) is 5.82 Å². The summed E-state index contributed by atoms with van der Waals surface area (Å²) in [5.41, 5.74) is 1.43. The van der Waals surface area contributed by atoms with Crippen molar-refractivity contribution in [2.24, 2.45) is 0 Å². The number of carbonyl (C=O) groups is 1. The third-order valence-corrected chi connectivity index (χ3v) is 6.04. The zero-order valence-corrected chi connectivity index (χ0v) is 15.1. The zero-order chi connectivity index (χ0) is 19.0. The highest BCUT2D eigenvalue weighted by Crippen LogP contribution is 2.52. The van der Waals surface area contributed by atoms with Crippen molar-refractivity contribution in [1.29, 1.82) is 0 Å². The summed E-state index contributed by atoms with van der Waals surface area (Å²) < 4.78 is 14.1. The van der Waals surface area contributed by atoms with Crippen LogP contribution in [-0.2, 0) is 10.2 Å². The van der Waals surface area contributed by atoms with E-state index in [9.17, 15) is 19.4 Å². The quantitative estimate of drug-likeness (QED) is 0.868. The molecule has 27 heavy (non-hydrogen) atoms. The third kappa shape index (κ3) is 2.86. The van der Waals surface area contributed by atoms with Crippen molar-refractivity contribution in [3.05, 3.63) is 65.5 Å². The van der Waals surface area contributed by atoms with Crippen molar-refractivity contribution in [3.8, 4) is 0 Å². The van der Waals surface area contributed by atoms with Crippen LogP contribution in [-0.4, -0.2) is 28.8 Å². The number of nitrogens with zero attached hydrogens (tertiary/aromatic N) is 1. The Bertz CT molecular complexity index is 833. The fraction of sp³-hybridized carbons (Fsp3) is 0.409. The van der Waals surface area contributed by atoms with E-state index in [1.165, 1.54) is 17.0 Å². The van der Waals surface area contributed by atoms with Crippen LogP contribution in [0.1, 0.15) is 49.3 Å². The highest BCUT2D eigenvalue weighted by atomic mass is 19.1. The molecule has 1 spiro atoms. The summed E-state index contributed by atoms with van der Waals surface area (Å²) in [5.74, 6) is -0.506. The number of anilines is 1. The highest BCUT2D eigenvalue weighted by molar-refractivity contribution is 6.08. The van der Waals surface area contributed by atoms with Gasteiger partial charge in [-0.3, -0.25) is 4.79 Å². The molecule has 1 heterocycles. The summed E-state index contributed by atoms with van der Waals surface area (Å²) in [6.07, 6.45) is 3.30. The van der Waals surface area contributed by atoms with Crippen molar-refractivity contribution < 1.29 is 19.4 Å². The zero-order valence-electron chi connectivity index (χ0n) is 15.1. The molecule has 0 aromatic heterocycles. The molecule has 1 fully saturated rings. The van der Waals surface area contributed by atoms with Gasteiger partial charge < -0.3 is 15.1 Å². The minimum Gasteiger partial charge on any atom is -0.394 e. The molecule has 1 amide bonds. The van der Waals surface area contributed by atoms with Gasteiger partial charge in [0.05, 0.1) is 23.8 Å². The van der Waals surface area contributed by atoms with Gasteiger partial charge in [0.2, 0.25) is 5.91 Å². The van der Waals surface area contributed by atoms with Crippen molar-refractivity contribution in [2.75, 3.05) is 11.5 Å². The maximum atomic E-state index is 14.1. The normalized spacial score (nSPS) is 20.6. The van der Waals surface area contributed by atoms with Crippen molar-refractivity contribution in [1.82, 2.24) is 0 Å². The van der Waals surface area contributed by atoms with Crippen LogP contribution >= 0.6 is 0 Å². The van der Waals surface area contributed by atoms with Crippen molar-refractivity contribution in [2.45, 2.75) is 49.7 Å². The largest absolute Gasteiger partial charge is 0.394 e. The van der Waals surface area contributed by atoms with Gasteiger partial charge in [-0.15, -0.1) is 0 Å². The number of halogens is 1. The van der Waals surface area contributed by atoms with Gasteiger partial charge >= 0.3 is 0 Å². The summed E-state index contributed by atoms with van der Waals surface area (Å²) in [6.45, 7) is -0.485. The van der Waals surface area contributed by atoms with Crippen LogP contribution in [0.25, 0.3) is 0 Å². The first-order chi connectivity index (χ1) is 13.1. The number of hydrogen-bond donors (Lipinski definition) is 2. The van der Waals surface area contributed by atoms with Gasteiger partial charge in [-0.1, -0.05) is 55.7 Å². The van der Waals surface area contributed by atoms with E-state index in [-0.39, 0.29) is 5.91 Å². The average Bonchev–Trinajstić information content (AvgIpc) is 2.92. The molecule has 1 saturated carbocycles. The first kappa shape index (κ1) is 18.1. The molecule has 0 radical (unpaired) electrons. The Morgan fingerprint density at radius 1 is 1.07 bits per heavy atom. The molecular weight excluding hydrogens is 345 g/mol. The van der Waals surface area contributed by atoms with E-state index in [1.807, 2.05) is 30.3 Å². The van der Waals surface area contributed by atoms with Crippen LogP contribution in [0.3, 0.4) is 0 Å². The smallest absolute Gasteiger partial charge is 0.238 e. The van der Waals surface area contributed by atoms with Crippen LogP contribution < -0.4 is 4.90 Å². The molecule has 0 unspecified atom stereocenters. The molecule has 4 nitrogen and oxygen atoms in total. The second-order valence-electron chi connectivity index (χ2n) is 7.58. The standard InChI is InChI=1S/C22H24FNO3/c23-16-9-10-17-18(13-16)24(21(27)22(17)11-5-2-6-12-22)20(19(26)14-25)15-7-3-1-4-8-15/h1,3-4,7-10,13,19-20,25-26H,2,5-6,11-12,14H2/t19-,20+/m1/s1. The van der Waals surface area contributed by atoms with E-state index >= 15 is 0 Å². The van der Waals surface area contributed by atoms with Gasteiger partial charge in [0, 0.05) is 0 Å². The lowest BCUT2D eigenvalue weighted by molar-refractivity contribution is -0.125. The fourth-order valence-corrected chi connectivity index (χ4v) is 4.77. The monoisotopic (exact) mass is 369 g/mol. The Kier molecular flexibility index (Phi) is 4.74. The number of aliphatic hydroxyl groups is 2. The van der Waals surface area contributed by atoms with Crippen LogP contribution in [0.4, 0.5) is 10.1 Å². The van der Waals surface area contributed by atoms with Gasteiger partial charge in [-0.05, 0) is 36.1 Å². The Hall–Kier alpha value is -2.24. The topological polar surface area (TPSA) is 60.8 Å². The molecule has 0 saturated heterocycles. The molecule has 1 aliphatic heterocycles. The Morgan fingerprint density at radius 2 is 1.78 bits per heavy atom. The molecule has 2 aromatic rings. The molecule has 5 heteroatoms. The summed E-state index contributed by atoms with van der Waals surface area (Å²) in [5, 5.41) is 20.2. The van der Waals surface area contributed by atoms with Gasteiger partial charge in [0.15, 0.2) is 0 Å². The second-order valence-corrected chi connectivity index (χ2v) is 7.58. The van der Waals surface area contributed by atoms with E-state index < -0.39 is 30.0 Å². The first-order valence-electron chi connectivity index (χ1n) is 9.56. The minimum atomic E-state index is -1.16. The summed E-state index contributed by atoms with van der Waals surface area (Å²) in [7, 11) is 0. The molecule has 0 bridgehead atoms. The summed E-state index contributed by atoms with van der Waals surface area (Å²) >= 11 is 0. The molecule has 2 aliphatic rings. The maximum absolute atomic E-state index is 14.1. The predicted octanol–water partition coefficient (Wildman–Crippen LogP) is 3.47. The number of benzene rings is 2. The van der Waals surface area contributed by atoms with Gasteiger partial charge in [0.1, 0.15) is 11.9 Å². The number of hydrogen-bond acceptors (Lipinski definition) is 3. The van der Waals surface area contributed by atoms with E-state index in [0.717, 1.165) is 43.2 Å². The number of rotatable bonds is 4. The molecule has 142 valence electrons. The van der Waals surface area contributed by atoms with Crippen LogP contribution in [0.5, 0.6) is 0 Å². The number of aliphatic hydroxyl groups excluding tert-OH is 2. The van der Waals surface area contributed by atoms with Crippen LogP contribution in [0.15, 0.2) is 48.5 Å². The van der Waals surface area contributed by atoms with Gasteiger partial charge in [0.25, 0.3) is 0 Å². The molecule has 2 atom stereocenters. The number of fused-ring (bicyclic) bond motifs is 2. The molecule has 2 N–H and O–H groups in total. The Labute approximate surface area is 158 Å². The van der Waals surface area contributed by atoms with E-state index in [1.54, 1.807) is 6.07 Å². The van der Waals surface area contributed by atoms with Crippen LogP contribution in [0.2, 0.25) is 0 Å². The Balaban J connectivity index is 1.88. The third-order valence-electron chi connectivity index (χ3n) is 6.04. The fourth-order valence-electron chi connectivity index (χ4n) is 4.77. The lowest BCUT2D eigenvalue weighted by Crippen LogP contribution is -2.46. The maximum Gasteiger partial charge on any atom is 0.238 e. The molecular formula is C22H24FNO3. The lowest BCUT2D eigenvalue weighted by atomic mass is 9.70. The Morgan fingerprint density at radius 3 is 2.44 bits per heavy atom. The van der Waals surface area contributed by atoms with Gasteiger partial charge in [-0.25, -0.2) is 4.39 Å². The average molecular weight is 369 g/mol. The number of carbonyl (C=O) groups excluding carboxylic acids is 1. The summed E-state index contributed by atoms with van der Waals surface area (Å²) in [4.78, 5) is 15.2. The summed E-state index contributed by atoms with van der Waals surface area (Å²) in [6, 6.07) is 12.9. The minimum absolute atomic E-state index is 0.0934. The first-order valence-corrected chi connectivity index (χ1v) is 9.56. The number of amides is 1. The van der Waals surface area contributed by atoms with Crippen molar-refractivity contribution >= 4 is 11.6 Å². The lowest BCUT2D eigenvalue weighted by Gasteiger charge is -2.36. The molecule has 1 aliphatic carbocycles.